The van der Waals surface area contributed by atoms with Gasteiger partial charge in [-0.15, -0.1) is 11.3 Å². The number of carbonyl (C=O) groups is 1. The minimum absolute atomic E-state index is 0.00653. The Hall–Kier alpha value is -2.52. The molecule has 10 heteroatoms. The number of anilines is 1. The summed E-state index contributed by atoms with van der Waals surface area (Å²) in [6.07, 6.45) is 1.67. The first kappa shape index (κ1) is 19.8. The van der Waals surface area contributed by atoms with Crippen LogP contribution in [0.15, 0.2) is 17.9 Å². The van der Waals surface area contributed by atoms with E-state index in [1.807, 2.05) is 13.8 Å². The molecule has 2 aromatic heterocycles. The second-order valence-electron chi connectivity index (χ2n) is 6.74. The molecule has 1 aliphatic heterocycles. The van der Waals surface area contributed by atoms with Crippen LogP contribution in [-0.2, 0) is 4.79 Å². The average molecular weight is 436 g/mol. The van der Waals surface area contributed by atoms with Gasteiger partial charge in [0.1, 0.15) is 28.2 Å². The maximum atomic E-state index is 15.0. The molecule has 0 aliphatic carbocycles. The molecule has 2 atom stereocenters. The molecule has 0 spiro atoms. The van der Waals surface area contributed by atoms with E-state index < -0.39 is 5.82 Å². The minimum Gasteiger partial charge on any atom is -0.493 e. The fraction of sp³-hybridized carbons (Fsp3) is 0.368. The molecule has 0 bridgehead atoms. The van der Waals surface area contributed by atoms with Crippen LogP contribution in [0.25, 0.3) is 10.3 Å². The molecule has 0 saturated carbocycles. The van der Waals surface area contributed by atoms with Gasteiger partial charge in [-0.1, -0.05) is 11.6 Å². The first-order chi connectivity index (χ1) is 14.0. The van der Waals surface area contributed by atoms with E-state index >= 15 is 4.39 Å². The topological polar surface area (TPSA) is 89.0 Å². The Balaban J connectivity index is 1.76. The number of hydrogen-bond acceptors (Lipinski definition) is 7. The molecule has 1 saturated heterocycles. The van der Waals surface area contributed by atoms with Gasteiger partial charge in [0.15, 0.2) is 5.82 Å². The van der Waals surface area contributed by atoms with Crippen LogP contribution in [0.5, 0.6) is 5.75 Å². The molecule has 2 unspecified atom stereocenters. The first-order valence-corrected chi connectivity index (χ1v) is 10.5. The van der Waals surface area contributed by atoms with Crippen molar-refractivity contribution in [1.82, 2.24) is 20.3 Å². The third-order valence-electron chi connectivity index (χ3n) is 4.86. The highest BCUT2D eigenvalue weighted by molar-refractivity contribution is 7.16. The van der Waals surface area contributed by atoms with Crippen LogP contribution >= 0.6 is 22.9 Å². The van der Waals surface area contributed by atoms with Crippen molar-refractivity contribution < 1.29 is 13.9 Å². The summed E-state index contributed by atoms with van der Waals surface area (Å²) < 4.78 is 20.9. The zero-order valence-corrected chi connectivity index (χ0v) is 17.4. The van der Waals surface area contributed by atoms with E-state index in [4.69, 9.17) is 16.3 Å². The Kier molecular flexibility index (Phi) is 5.51. The van der Waals surface area contributed by atoms with Gasteiger partial charge in [-0.2, -0.15) is 0 Å². The largest absolute Gasteiger partial charge is 0.493 e. The number of nitrogens with zero attached hydrogens (tertiary/aromatic N) is 3. The molecule has 4 rings (SSSR count). The summed E-state index contributed by atoms with van der Waals surface area (Å²) >= 11 is 7.65. The Labute approximate surface area is 175 Å². The molecule has 1 amide bonds. The summed E-state index contributed by atoms with van der Waals surface area (Å²) in [6.45, 7) is 4.45. The van der Waals surface area contributed by atoms with Gasteiger partial charge in [-0.25, -0.2) is 19.3 Å². The monoisotopic (exact) mass is 435 g/mol. The molecule has 29 heavy (non-hydrogen) atoms. The molecule has 152 valence electrons. The van der Waals surface area contributed by atoms with Gasteiger partial charge in [0.05, 0.1) is 23.2 Å². The highest BCUT2D eigenvalue weighted by atomic mass is 35.5. The number of fused-ring (bicyclic) bond motifs is 1. The minimum atomic E-state index is -0.545. The van der Waals surface area contributed by atoms with Gasteiger partial charge >= 0.3 is 0 Å². The van der Waals surface area contributed by atoms with Gasteiger partial charge in [-0.05, 0) is 19.9 Å². The van der Waals surface area contributed by atoms with Crippen molar-refractivity contribution in [1.29, 1.82) is 0 Å². The summed E-state index contributed by atoms with van der Waals surface area (Å²) in [5.41, 5.74) is 3.40. The van der Waals surface area contributed by atoms with Gasteiger partial charge in [0, 0.05) is 30.0 Å². The van der Waals surface area contributed by atoms with Gasteiger partial charge < -0.3 is 15.4 Å². The van der Waals surface area contributed by atoms with Crippen molar-refractivity contribution >= 4 is 45.0 Å². The number of benzene rings is 1. The number of nitrogens with one attached hydrogen (secondary N) is 2. The molecule has 7 nitrogen and oxygen atoms in total. The second-order valence-corrected chi connectivity index (χ2v) is 7.98. The third-order valence-corrected chi connectivity index (χ3v) is 5.87. The van der Waals surface area contributed by atoms with Crippen LogP contribution in [0.3, 0.4) is 0 Å². The Bertz CT molecular complexity index is 1080. The average Bonchev–Trinajstić information content (AvgIpc) is 3.34. The zero-order valence-electron chi connectivity index (χ0n) is 15.8. The molecule has 2 N–H and O–H groups in total. The second kappa shape index (κ2) is 8.08. The third kappa shape index (κ3) is 3.72. The van der Waals surface area contributed by atoms with Crippen LogP contribution in [-0.4, -0.2) is 34.0 Å². The van der Waals surface area contributed by atoms with Gasteiger partial charge in [0.25, 0.3) is 0 Å². The fourth-order valence-electron chi connectivity index (χ4n) is 3.53. The number of hydrogen-bond donors (Lipinski definition) is 2. The zero-order chi connectivity index (χ0) is 20.5. The Morgan fingerprint density at radius 1 is 1.45 bits per heavy atom. The van der Waals surface area contributed by atoms with E-state index in [2.05, 4.69) is 25.6 Å². The number of thiazole rings is 1. The summed E-state index contributed by atoms with van der Waals surface area (Å²) in [7, 11) is 0. The number of carbonyl (C=O) groups excluding carboxylic acids is 1. The SMILES string of the molecule is CCOc1c(C(C)Nc2ncnc3scnc23)cc(Cl)c(F)c1C1CNC(=O)C1. The number of ether oxygens (including phenoxy) is 1. The van der Waals surface area contributed by atoms with Gasteiger partial charge in [-0.3, -0.25) is 4.79 Å². The number of halogens is 2. The molecular formula is C19H19ClFN5O2S. The lowest BCUT2D eigenvalue weighted by Gasteiger charge is -2.24. The maximum Gasteiger partial charge on any atom is 0.220 e. The smallest absolute Gasteiger partial charge is 0.220 e. The van der Waals surface area contributed by atoms with Crippen molar-refractivity contribution in [3.05, 3.63) is 39.9 Å². The summed E-state index contributed by atoms with van der Waals surface area (Å²) in [5.74, 6) is -0.00339. The number of amides is 1. The van der Waals surface area contributed by atoms with Crippen LogP contribution < -0.4 is 15.4 Å². The number of aromatic nitrogens is 3. The van der Waals surface area contributed by atoms with Crippen molar-refractivity contribution in [3.8, 4) is 5.75 Å². The normalized spacial score (nSPS) is 17.4. The summed E-state index contributed by atoms with van der Waals surface area (Å²) in [6, 6.07) is 1.26. The lowest BCUT2D eigenvalue weighted by Crippen LogP contribution is -2.16. The Morgan fingerprint density at radius 2 is 2.28 bits per heavy atom. The van der Waals surface area contributed by atoms with Crippen LogP contribution in [0, 0.1) is 5.82 Å². The Morgan fingerprint density at radius 3 is 3.00 bits per heavy atom. The van der Waals surface area contributed by atoms with Crippen molar-refractivity contribution in [2.45, 2.75) is 32.2 Å². The fourth-order valence-corrected chi connectivity index (χ4v) is 4.38. The molecule has 0 radical (unpaired) electrons. The molecule has 3 aromatic rings. The van der Waals surface area contributed by atoms with Crippen molar-refractivity contribution in [2.75, 3.05) is 18.5 Å². The molecule has 3 heterocycles. The first-order valence-electron chi connectivity index (χ1n) is 9.21. The van der Waals surface area contributed by atoms with E-state index in [1.54, 1.807) is 11.6 Å². The molecule has 1 fully saturated rings. The quantitative estimate of drug-likeness (QED) is 0.607. The van der Waals surface area contributed by atoms with E-state index in [0.717, 1.165) is 4.83 Å². The summed E-state index contributed by atoms with van der Waals surface area (Å²) in [4.78, 5) is 25.3. The lowest BCUT2D eigenvalue weighted by molar-refractivity contribution is -0.119. The highest BCUT2D eigenvalue weighted by Crippen LogP contribution is 2.42. The van der Waals surface area contributed by atoms with E-state index in [9.17, 15) is 4.79 Å². The molecule has 1 aromatic carbocycles. The molecular weight excluding hydrogens is 417 g/mol. The van der Waals surface area contributed by atoms with Crippen LogP contribution in [0.2, 0.25) is 5.02 Å². The predicted octanol–water partition coefficient (Wildman–Crippen LogP) is 4.05. The maximum absolute atomic E-state index is 15.0. The van der Waals surface area contributed by atoms with Crippen LogP contribution in [0.4, 0.5) is 10.2 Å². The standard InChI is InChI=1S/C19H19ClFN5O2S/c1-3-28-17-11(5-12(20)15(21)14(17)10-4-13(27)22-6-10)9(2)26-18-16-19(24-7-23-18)29-8-25-16/h5,7-10H,3-4,6H2,1-2H3,(H,22,27)(H,23,24,26). The van der Waals surface area contributed by atoms with Gasteiger partial charge in [0.2, 0.25) is 5.91 Å². The summed E-state index contributed by atoms with van der Waals surface area (Å²) in [5, 5.41) is 6.05. The lowest BCUT2D eigenvalue weighted by atomic mass is 9.92. The van der Waals surface area contributed by atoms with Crippen molar-refractivity contribution in [3.63, 3.8) is 0 Å². The van der Waals surface area contributed by atoms with E-state index in [1.165, 1.54) is 17.7 Å². The van der Waals surface area contributed by atoms with Crippen molar-refractivity contribution in [2.24, 2.45) is 0 Å². The van der Waals surface area contributed by atoms with E-state index in [0.29, 0.717) is 41.4 Å². The van der Waals surface area contributed by atoms with E-state index in [-0.39, 0.29) is 29.3 Å². The highest BCUT2D eigenvalue weighted by Gasteiger charge is 2.32. The van der Waals surface area contributed by atoms with Crippen LogP contribution in [0.1, 0.15) is 43.4 Å². The molecule has 1 aliphatic rings. The number of rotatable bonds is 6. The predicted molar refractivity (Wildman–Crippen MR) is 110 cm³/mol.